The summed E-state index contributed by atoms with van der Waals surface area (Å²) in [5, 5.41) is 3.37. The molecule has 0 saturated heterocycles. The first kappa shape index (κ1) is 16.0. The Morgan fingerprint density at radius 2 is 1.88 bits per heavy atom. The molecule has 0 fully saturated rings. The van der Waals surface area contributed by atoms with Crippen molar-refractivity contribution in [3.63, 3.8) is 0 Å². The van der Waals surface area contributed by atoms with E-state index in [1.807, 2.05) is 24.3 Å². The third-order valence-electron chi connectivity index (χ3n) is 4.94. The Labute approximate surface area is 147 Å². The maximum Gasteiger partial charge on any atom is 0.256 e. The van der Waals surface area contributed by atoms with Crippen molar-refractivity contribution < 1.29 is 14.3 Å². The van der Waals surface area contributed by atoms with E-state index in [0.29, 0.717) is 17.9 Å². The predicted octanol–water partition coefficient (Wildman–Crippen LogP) is 2.38. The minimum Gasteiger partial charge on any atom is -0.497 e. The number of nitrogens with one attached hydrogen (secondary N) is 1. The summed E-state index contributed by atoms with van der Waals surface area (Å²) in [5.74, 6) is 1.52. The number of carbonyl (C=O) groups excluding carboxylic acids is 1. The van der Waals surface area contributed by atoms with E-state index in [1.54, 1.807) is 12.0 Å². The highest BCUT2D eigenvalue weighted by molar-refractivity contribution is 5.97. The standard InChI is InChI=1S/C20H22N2O3/c1-24-17-4-3-15-7-9-22(20(23)19(15)11-17)13-25-18-5-2-14-6-8-21-12-16(14)10-18/h2-5,10-11,21H,6-9,12-13H2,1H3. The van der Waals surface area contributed by atoms with Gasteiger partial charge in [-0.25, -0.2) is 0 Å². The molecule has 0 aromatic heterocycles. The van der Waals surface area contributed by atoms with Crippen LogP contribution < -0.4 is 14.8 Å². The van der Waals surface area contributed by atoms with Gasteiger partial charge in [-0.3, -0.25) is 4.79 Å². The summed E-state index contributed by atoms with van der Waals surface area (Å²) in [7, 11) is 1.61. The lowest BCUT2D eigenvalue weighted by molar-refractivity contribution is 0.0578. The molecule has 0 radical (unpaired) electrons. The highest BCUT2D eigenvalue weighted by Gasteiger charge is 2.25. The summed E-state index contributed by atoms with van der Waals surface area (Å²) >= 11 is 0. The fourth-order valence-corrected chi connectivity index (χ4v) is 3.45. The van der Waals surface area contributed by atoms with Gasteiger partial charge in [0.25, 0.3) is 5.91 Å². The zero-order valence-corrected chi connectivity index (χ0v) is 14.4. The average molecular weight is 338 g/mol. The fourth-order valence-electron chi connectivity index (χ4n) is 3.45. The molecule has 0 bridgehead atoms. The van der Waals surface area contributed by atoms with Gasteiger partial charge in [0.1, 0.15) is 11.5 Å². The van der Waals surface area contributed by atoms with Gasteiger partial charge in [-0.05, 0) is 60.3 Å². The van der Waals surface area contributed by atoms with Crippen LogP contribution in [0.4, 0.5) is 0 Å². The highest BCUT2D eigenvalue weighted by Crippen LogP contribution is 2.25. The van der Waals surface area contributed by atoms with Crippen molar-refractivity contribution in [2.24, 2.45) is 0 Å². The van der Waals surface area contributed by atoms with E-state index in [-0.39, 0.29) is 12.6 Å². The van der Waals surface area contributed by atoms with Crippen molar-refractivity contribution in [1.82, 2.24) is 10.2 Å². The van der Waals surface area contributed by atoms with Crippen LogP contribution in [0, 0.1) is 0 Å². The van der Waals surface area contributed by atoms with Gasteiger partial charge in [0, 0.05) is 18.7 Å². The first-order chi connectivity index (χ1) is 12.2. The van der Waals surface area contributed by atoms with Crippen LogP contribution in [0.3, 0.4) is 0 Å². The van der Waals surface area contributed by atoms with Gasteiger partial charge in [0.15, 0.2) is 6.73 Å². The van der Waals surface area contributed by atoms with E-state index in [9.17, 15) is 4.79 Å². The van der Waals surface area contributed by atoms with Crippen LogP contribution in [-0.2, 0) is 19.4 Å². The molecule has 2 aliphatic heterocycles. The molecule has 0 unspecified atom stereocenters. The van der Waals surface area contributed by atoms with E-state index in [1.165, 1.54) is 11.1 Å². The topological polar surface area (TPSA) is 50.8 Å². The third kappa shape index (κ3) is 3.20. The minimum absolute atomic E-state index is 0.000207. The lowest BCUT2D eigenvalue weighted by Crippen LogP contribution is -2.40. The molecular formula is C20H22N2O3. The Hall–Kier alpha value is -2.53. The third-order valence-corrected chi connectivity index (χ3v) is 4.94. The highest BCUT2D eigenvalue weighted by atomic mass is 16.5. The van der Waals surface area contributed by atoms with Gasteiger partial charge in [-0.1, -0.05) is 12.1 Å². The zero-order chi connectivity index (χ0) is 17.2. The molecule has 1 amide bonds. The number of hydrogen-bond donors (Lipinski definition) is 1. The summed E-state index contributed by atoms with van der Waals surface area (Å²) in [5.41, 5.74) is 4.44. The summed E-state index contributed by atoms with van der Waals surface area (Å²) < 4.78 is 11.1. The number of rotatable bonds is 4. The van der Waals surface area contributed by atoms with Crippen LogP contribution in [0.2, 0.25) is 0 Å². The smallest absolute Gasteiger partial charge is 0.256 e. The number of hydrogen-bond acceptors (Lipinski definition) is 4. The molecule has 2 heterocycles. The van der Waals surface area contributed by atoms with Crippen molar-refractivity contribution in [2.45, 2.75) is 19.4 Å². The molecular weight excluding hydrogens is 316 g/mol. The first-order valence-corrected chi connectivity index (χ1v) is 8.66. The maximum absolute atomic E-state index is 12.7. The fraction of sp³-hybridized carbons (Fsp3) is 0.350. The Morgan fingerprint density at radius 1 is 1.04 bits per heavy atom. The van der Waals surface area contributed by atoms with Crippen LogP contribution in [-0.4, -0.2) is 37.7 Å². The summed E-state index contributed by atoms with van der Waals surface area (Å²) in [6, 6.07) is 11.9. The predicted molar refractivity (Wildman–Crippen MR) is 95.1 cm³/mol. The maximum atomic E-state index is 12.7. The normalized spacial score (nSPS) is 16.2. The Kier molecular flexibility index (Phi) is 4.32. The van der Waals surface area contributed by atoms with E-state index in [0.717, 1.165) is 37.2 Å². The largest absolute Gasteiger partial charge is 0.497 e. The summed E-state index contributed by atoms with van der Waals surface area (Å²) in [4.78, 5) is 14.5. The van der Waals surface area contributed by atoms with Crippen molar-refractivity contribution in [1.29, 1.82) is 0 Å². The molecule has 2 aromatic carbocycles. The van der Waals surface area contributed by atoms with E-state index < -0.39 is 0 Å². The van der Waals surface area contributed by atoms with Crippen LogP contribution in [0.15, 0.2) is 36.4 Å². The van der Waals surface area contributed by atoms with Crippen LogP contribution in [0.5, 0.6) is 11.5 Å². The molecule has 0 atom stereocenters. The number of methoxy groups -OCH3 is 1. The molecule has 5 nitrogen and oxygen atoms in total. The lowest BCUT2D eigenvalue weighted by Gasteiger charge is -2.28. The lowest BCUT2D eigenvalue weighted by atomic mass is 9.99. The second-order valence-electron chi connectivity index (χ2n) is 6.47. The number of amides is 1. The van der Waals surface area contributed by atoms with Gasteiger partial charge < -0.3 is 19.7 Å². The van der Waals surface area contributed by atoms with Gasteiger partial charge in [0.2, 0.25) is 0 Å². The molecule has 25 heavy (non-hydrogen) atoms. The molecule has 0 spiro atoms. The molecule has 4 rings (SSSR count). The van der Waals surface area contributed by atoms with Crippen molar-refractivity contribution in [2.75, 3.05) is 26.9 Å². The number of fused-ring (bicyclic) bond motifs is 2. The number of ether oxygens (including phenoxy) is 2. The number of carbonyl (C=O) groups is 1. The number of nitrogens with zero attached hydrogens (tertiary/aromatic N) is 1. The van der Waals surface area contributed by atoms with Gasteiger partial charge in [0.05, 0.1) is 7.11 Å². The van der Waals surface area contributed by atoms with Gasteiger partial charge in [-0.2, -0.15) is 0 Å². The van der Waals surface area contributed by atoms with Gasteiger partial charge in [-0.15, -0.1) is 0 Å². The molecule has 2 aromatic rings. The quantitative estimate of drug-likeness (QED) is 0.930. The van der Waals surface area contributed by atoms with Crippen LogP contribution >= 0.6 is 0 Å². The Balaban J connectivity index is 1.45. The molecule has 130 valence electrons. The molecule has 2 aliphatic rings. The monoisotopic (exact) mass is 338 g/mol. The van der Waals surface area contributed by atoms with E-state index in [4.69, 9.17) is 9.47 Å². The van der Waals surface area contributed by atoms with Crippen LogP contribution in [0.25, 0.3) is 0 Å². The second-order valence-corrected chi connectivity index (χ2v) is 6.47. The van der Waals surface area contributed by atoms with Gasteiger partial charge >= 0.3 is 0 Å². The SMILES string of the molecule is COc1ccc2c(c1)C(=O)N(COc1ccc3c(c1)CNCC3)CC2. The zero-order valence-electron chi connectivity index (χ0n) is 14.4. The van der Waals surface area contributed by atoms with Crippen molar-refractivity contribution in [3.8, 4) is 11.5 Å². The van der Waals surface area contributed by atoms with Crippen molar-refractivity contribution in [3.05, 3.63) is 58.7 Å². The Morgan fingerprint density at radius 3 is 2.76 bits per heavy atom. The summed E-state index contributed by atoms with van der Waals surface area (Å²) in [6.45, 7) is 2.84. The second kappa shape index (κ2) is 6.76. The first-order valence-electron chi connectivity index (χ1n) is 8.66. The summed E-state index contributed by atoms with van der Waals surface area (Å²) in [6.07, 6.45) is 1.89. The molecule has 0 aliphatic carbocycles. The molecule has 5 heteroatoms. The van der Waals surface area contributed by atoms with Crippen LogP contribution in [0.1, 0.15) is 27.0 Å². The molecule has 1 N–H and O–H groups in total. The molecule has 0 saturated carbocycles. The van der Waals surface area contributed by atoms with Crippen molar-refractivity contribution >= 4 is 5.91 Å². The number of benzene rings is 2. The Bertz CT molecular complexity index is 804. The minimum atomic E-state index is -0.000207. The average Bonchev–Trinajstić information content (AvgIpc) is 2.67. The van der Waals surface area contributed by atoms with E-state index >= 15 is 0 Å². The van der Waals surface area contributed by atoms with E-state index in [2.05, 4.69) is 17.4 Å².